The molecule has 0 saturated carbocycles. The molecule has 0 saturated heterocycles. The maximum atomic E-state index is 12.8. The summed E-state index contributed by atoms with van der Waals surface area (Å²) in [5.74, 6) is -0.280. The summed E-state index contributed by atoms with van der Waals surface area (Å²) in [6.45, 7) is 4.33. The van der Waals surface area contributed by atoms with Crippen molar-refractivity contribution in [2.24, 2.45) is 0 Å². The molecule has 4 aromatic rings. The van der Waals surface area contributed by atoms with Crippen LogP contribution in [0.2, 0.25) is 5.15 Å². The van der Waals surface area contributed by atoms with Gasteiger partial charge in [-0.2, -0.15) is 5.10 Å². The Balaban J connectivity index is 1.51. The molecule has 4 rings (SSSR count). The Morgan fingerprint density at radius 3 is 2.45 bits per heavy atom. The molecular weight excluding hydrogens is 386 g/mol. The van der Waals surface area contributed by atoms with Crippen LogP contribution in [0.4, 0.5) is 5.69 Å². The number of anilines is 1. The maximum Gasteiger partial charge on any atom is 0.260 e. The monoisotopic (exact) mass is 405 g/mol. The molecule has 0 aliphatic rings. The SMILES string of the molecule is Cc1ccc(Cn2nc(C)c(C(=O)Nc3ccc(-n4ccnc4)cc3)c2Cl)cc1. The van der Waals surface area contributed by atoms with Gasteiger partial charge in [-0.05, 0) is 43.7 Å². The van der Waals surface area contributed by atoms with E-state index < -0.39 is 0 Å². The van der Waals surface area contributed by atoms with E-state index in [2.05, 4.69) is 15.4 Å². The molecule has 6 nitrogen and oxygen atoms in total. The van der Waals surface area contributed by atoms with Gasteiger partial charge in [-0.25, -0.2) is 9.67 Å². The van der Waals surface area contributed by atoms with E-state index in [-0.39, 0.29) is 5.91 Å². The van der Waals surface area contributed by atoms with Gasteiger partial charge in [0.1, 0.15) is 5.15 Å². The Bertz CT molecular complexity index is 1130. The van der Waals surface area contributed by atoms with Crippen LogP contribution in [0.25, 0.3) is 5.69 Å². The number of hydrogen-bond donors (Lipinski definition) is 1. The molecule has 2 aromatic heterocycles. The number of carbonyl (C=O) groups excluding carboxylic acids is 1. The largest absolute Gasteiger partial charge is 0.322 e. The van der Waals surface area contributed by atoms with E-state index in [1.165, 1.54) is 5.56 Å². The maximum absolute atomic E-state index is 12.8. The molecule has 2 heterocycles. The summed E-state index contributed by atoms with van der Waals surface area (Å²) in [5.41, 5.74) is 4.88. The number of hydrogen-bond acceptors (Lipinski definition) is 3. The van der Waals surface area contributed by atoms with Crippen molar-refractivity contribution in [3.05, 3.63) is 94.8 Å². The average molecular weight is 406 g/mol. The first-order valence-corrected chi connectivity index (χ1v) is 9.57. The predicted molar refractivity (Wildman–Crippen MR) is 114 cm³/mol. The topological polar surface area (TPSA) is 64.7 Å². The number of aryl methyl sites for hydroxylation is 2. The molecule has 0 bridgehead atoms. The number of halogens is 1. The van der Waals surface area contributed by atoms with Gasteiger partial charge >= 0.3 is 0 Å². The second kappa shape index (κ2) is 7.93. The Kier molecular flexibility index (Phi) is 5.18. The third kappa shape index (κ3) is 4.07. The average Bonchev–Trinajstić information content (AvgIpc) is 3.33. The zero-order chi connectivity index (χ0) is 20.4. The molecule has 0 atom stereocenters. The lowest BCUT2D eigenvalue weighted by atomic mass is 10.1. The molecule has 2 aromatic carbocycles. The van der Waals surface area contributed by atoms with E-state index in [4.69, 9.17) is 11.6 Å². The lowest BCUT2D eigenvalue weighted by Crippen LogP contribution is -2.13. The highest BCUT2D eigenvalue weighted by Crippen LogP contribution is 2.23. The number of benzene rings is 2. The molecule has 0 aliphatic carbocycles. The highest BCUT2D eigenvalue weighted by atomic mass is 35.5. The number of amides is 1. The molecule has 7 heteroatoms. The van der Waals surface area contributed by atoms with Gasteiger partial charge in [0.15, 0.2) is 0 Å². The number of aromatic nitrogens is 4. The van der Waals surface area contributed by atoms with Crippen LogP contribution in [0.1, 0.15) is 27.2 Å². The van der Waals surface area contributed by atoms with Crippen LogP contribution < -0.4 is 5.32 Å². The molecule has 146 valence electrons. The van der Waals surface area contributed by atoms with Crippen LogP contribution in [-0.4, -0.2) is 25.2 Å². The van der Waals surface area contributed by atoms with E-state index in [0.717, 1.165) is 11.3 Å². The van der Waals surface area contributed by atoms with Gasteiger partial charge in [-0.1, -0.05) is 41.4 Å². The van der Waals surface area contributed by atoms with Gasteiger partial charge in [0.05, 0.1) is 24.1 Å². The minimum atomic E-state index is -0.280. The molecule has 1 N–H and O–H groups in total. The fourth-order valence-corrected chi connectivity index (χ4v) is 3.42. The number of nitrogens with one attached hydrogen (secondary N) is 1. The molecule has 0 aliphatic heterocycles. The van der Waals surface area contributed by atoms with Crippen LogP contribution in [0.5, 0.6) is 0 Å². The molecule has 29 heavy (non-hydrogen) atoms. The molecule has 0 radical (unpaired) electrons. The van der Waals surface area contributed by atoms with E-state index in [1.807, 2.05) is 66.2 Å². The van der Waals surface area contributed by atoms with Crippen LogP contribution >= 0.6 is 11.6 Å². The first-order chi connectivity index (χ1) is 14.0. The summed E-state index contributed by atoms with van der Waals surface area (Å²) in [5, 5.41) is 7.68. The van der Waals surface area contributed by atoms with Crippen LogP contribution in [0, 0.1) is 13.8 Å². The van der Waals surface area contributed by atoms with E-state index in [9.17, 15) is 4.79 Å². The fraction of sp³-hybridized carbons (Fsp3) is 0.136. The normalized spacial score (nSPS) is 10.9. The standard InChI is InChI=1S/C22H20ClN5O/c1-15-3-5-17(6-4-15)13-28-21(23)20(16(2)26-28)22(29)25-18-7-9-19(10-8-18)27-12-11-24-14-27/h3-12,14H,13H2,1-2H3,(H,25,29). The smallest absolute Gasteiger partial charge is 0.260 e. The zero-order valence-electron chi connectivity index (χ0n) is 16.1. The van der Waals surface area contributed by atoms with Crippen molar-refractivity contribution >= 4 is 23.2 Å². The highest BCUT2D eigenvalue weighted by molar-refractivity contribution is 6.33. The van der Waals surface area contributed by atoms with E-state index in [1.54, 1.807) is 24.1 Å². The number of rotatable bonds is 5. The van der Waals surface area contributed by atoms with Gasteiger partial charge in [0.2, 0.25) is 0 Å². The van der Waals surface area contributed by atoms with Gasteiger partial charge in [-0.3, -0.25) is 4.79 Å². The molecule has 1 amide bonds. The minimum Gasteiger partial charge on any atom is -0.322 e. The summed E-state index contributed by atoms with van der Waals surface area (Å²) in [6.07, 6.45) is 5.30. The summed E-state index contributed by atoms with van der Waals surface area (Å²) < 4.78 is 3.54. The first-order valence-electron chi connectivity index (χ1n) is 9.19. The fourth-order valence-electron chi connectivity index (χ4n) is 3.10. The van der Waals surface area contributed by atoms with Crippen molar-refractivity contribution in [3.63, 3.8) is 0 Å². The van der Waals surface area contributed by atoms with Crippen molar-refractivity contribution in [1.82, 2.24) is 19.3 Å². The third-order valence-corrected chi connectivity index (χ3v) is 5.06. The highest BCUT2D eigenvalue weighted by Gasteiger charge is 2.20. The second-order valence-corrected chi connectivity index (χ2v) is 7.22. The lowest BCUT2D eigenvalue weighted by molar-refractivity contribution is 0.102. The van der Waals surface area contributed by atoms with Crippen molar-refractivity contribution < 1.29 is 4.79 Å². The number of carbonyl (C=O) groups is 1. The Morgan fingerprint density at radius 2 is 1.79 bits per heavy atom. The van der Waals surface area contributed by atoms with Crippen molar-refractivity contribution in [2.75, 3.05) is 5.32 Å². The van der Waals surface area contributed by atoms with Gasteiger partial charge in [-0.15, -0.1) is 0 Å². The summed E-state index contributed by atoms with van der Waals surface area (Å²) in [7, 11) is 0. The second-order valence-electron chi connectivity index (χ2n) is 6.87. The van der Waals surface area contributed by atoms with Crippen LogP contribution in [0.3, 0.4) is 0 Å². The summed E-state index contributed by atoms with van der Waals surface area (Å²) >= 11 is 6.49. The van der Waals surface area contributed by atoms with E-state index in [0.29, 0.717) is 28.6 Å². The summed E-state index contributed by atoms with van der Waals surface area (Å²) in [6, 6.07) is 15.6. The lowest BCUT2D eigenvalue weighted by Gasteiger charge is -2.08. The number of nitrogens with zero attached hydrogens (tertiary/aromatic N) is 4. The summed E-state index contributed by atoms with van der Waals surface area (Å²) in [4.78, 5) is 16.8. The van der Waals surface area contributed by atoms with Crippen LogP contribution in [0.15, 0.2) is 67.3 Å². The third-order valence-electron chi connectivity index (χ3n) is 4.67. The molecule has 0 spiro atoms. The molecule has 0 fully saturated rings. The quantitative estimate of drug-likeness (QED) is 0.526. The Hall–Kier alpha value is -3.38. The Labute approximate surface area is 173 Å². The van der Waals surface area contributed by atoms with Gasteiger partial charge in [0.25, 0.3) is 5.91 Å². The number of imidazole rings is 1. The van der Waals surface area contributed by atoms with Crippen molar-refractivity contribution in [2.45, 2.75) is 20.4 Å². The molecular formula is C22H20ClN5O. The predicted octanol–water partition coefficient (Wildman–Crippen LogP) is 4.64. The van der Waals surface area contributed by atoms with Crippen molar-refractivity contribution in [3.8, 4) is 5.69 Å². The van der Waals surface area contributed by atoms with Gasteiger partial charge in [0, 0.05) is 23.8 Å². The van der Waals surface area contributed by atoms with Crippen molar-refractivity contribution in [1.29, 1.82) is 0 Å². The van der Waals surface area contributed by atoms with Gasteiger partial charge < -0.3 is 9.88 Å². The van der Waals surface area contributed by atoms with Crippen LogP contribution in [-0.2, 0) is 6.54 Å². The zero-order valence-corrected chi connectivity index (χ0v) is 16.9. The first kappa shape index (κ1) is 19.0. The Morgan fingerprint density at radius 1 is 1.07 bits per heavy atom. The molecule has 0 unspecified atom stereocenters. The van der Waals surface area contributed by atoms with E-state index >= 15 is 0 Å². The minimum absolute atomic E-state index is 0.280.